The molecule has 4 heteroatoms. The van der Waals surface area contributed by atoms with Gasteiger partial charge >= 0.3 is 5.97 Å². The van der Waals surface area contributed by atoms with E-state index in [0.29, 0.717) is 23.6 Å². The van der Waals surface area contributed by atoms with Crippen LogP contribution in [0.2, 0.25) is 0 Å². The number of carbonyl (C=O) groups excluding carboxylic acids is 1. The molecule has 0 atom stereocenters. The van der Waals surface area contributed by atoms with Gasteiger partial charge in [-0.2, -0.15) is 0 Å². The molecule has 2 rings (SSSR count). The second-order valence-corrected chi connectivity index (χ2v) is 5.48. The smallest absolute Gasteiger partial charge is 0.338 e. The molecule has 0 aromatic heterocycles. The maximum absolute atomic E-state index is 11.9. The van der Waals surface area contributed by atoms with Crippen molar-refractivity contribution in [2.45, 2.75) is 33.5 Å². The van der Waals surface area contributed by atoms with Crippen molar-refractivity contribution >= 4 is 11.7 Å². The number of nitrogens with two attached hydrogens (primary N) is 1. The van der Waals surface area contributed by atoms with Crippen LogP contribution in [0.15, 0.2) is 42.5 Å². The highest BCUT2D eigenvalue weighted by Gasteiger charge is 2.12. The highest BCUT2D eigenvalue weighted by atomic mass is 16.5. The quantitative estimate of drug-likeness (QED) is 0.675. The third kappa shape index (κ3) is 4.25. The van der Waals surface area contributed by atoms with Crippen LogP contribution in [0.5, 0.6) is 5.75 Å². The minimum absolute atomic E-state index is 0.165. The van der Waals surface area contributed by atoms with Crippen LogP contribution < -0.4 is 10.5 Å². The molecule has 0 saturated heterocycles. The van der Waals surface area contributed by atoms with Gasteiger partial charge in [-0.25, -0.2) is 4.79 Å². The fourth-order valence-electron chi connectivity index (χ4n) is 1.91. The number of esters is 1. The van der Waals surface area contributed by atoms with E-state index in [9.17, 15) is 4.79 Å². The summed E-state index contributed by atoms with van der Waals surface area (Å²) in [7, 11) is 0. The lowest BCUT2D eigenvalue weighted by molar-refractivity contribution is 0.0377. The second-order valence-electron chi connectivity index (χ2n) is 5.48. The van der Waals surface area contributed by atoms with E-state index in [4.69, 9.17) is 15.2 Å². The number of rotatable bonds is 5. The van der Waals surface area contributed by atoms with E-state index in [1.54, 1.807) is 18.2 Å². The summed E-state index contributed by atoms with van der Waals surface area (Å²) in [5.41, 5.74) is 9.07. The van der Waals surface area contributed by atoms with Gasteiger partial charge in [0.25, 0.3) is 0 Å². The Labute approximate surface area is 130 Å². The molecular weight excluding hydrogens is 278 g/mol. The average Bonchev–Trinajstić information content (AvgIpc) is 2.47. The monoisotopic (exact) mass is 299 g/mol. The summed E-state index contributed by atoms with van der Waals surface area (Å²) in [6, 6.07) is 13.0. The first-order valence-electron chi connectivity index (χ1n) is 7.24. The zero-order chi connectivity index (χ0) is 16.1. The first-order valence-corrected chi connectivity index (χ1v) is 7.24. The van der Waals surface area contributed by atoms with Gasteiger partial charge in [-0.1, -0.05) is 29.8 Å². The molecule has 0 unspecified atom stereocenters. The van der Waals surface area contributed by atoms with E-state index >= 15 is 0 Å². The summed E-state index contributed by atoms with van der Waals surface area (Å²) in [5, 5.41) is 0. The van der Waals surface area contributed by atoms with Crippen molar-refractivity contribution in [3.63, 3.8) is 0 Å². The van der Waals surface area contributed by atoms with Crippen LogP contribution in [0.1, 0.15) is 35.3 Å². The van der Waals surface area contributed by atoms with Crippen LogP contribution in [0.25, 0.3) is 0 Å². The molecule has 2 aromatic rings. The molecule has 0 radical (unpaired) electrons. The number of anilines is 1. The molecule has 116 valence electrons. The number of hydrogen-bond donors (Lipinski definition) is 1. The van der Waals surface area contributed by atoms with Gasteiger partial charge in [-0.3, -0.25) is 0 Å². The molecule has 0 aliphatic heterocycles. The second kappa shape index (κ2) is 6.98. The van der Waals surface area contributed by atoms with Crippen LogP contribution in [0, 0.1) is 6.92 Å². The molecule has 4 nitrogen and oxygen atoms in total. The third-order valence-corrected chi connectivity index (χ3v) is 3.11. The van der Waals surface area contributed by atoms with Gasteiger partial charge in [0.15, 0.2) is 0 Å². The number of hydrogen-bond acceptors (Lipinski definition) is 4. The maximum Gasteiger partial charge on any atom is 0.338 e. The van der Waals surface area contributed by atoms with Gasteiger partial charge in [-0.05, 0) is 44.5 Å². The first-order chi connectivity index (χ1) is 10.5. The standard InChI is InChI=1S/C18H21NO3/c1-12(2)22-18(20)15-8-9-16(19)17(10-15)21-11-14-6-4-13(3)5-7-14/h4-10,12H,11,19H2,1-3H3. The number of carbonyl (C=O) groups is 1. The summed E-state index contributed by atoms with van der Waals surface area (Å²) in [5.74, 6) is 0.106. The molecule has 2 aromatic carbocycles. The lowest BCUT2D eigenvalue weighted by Crippen LogP contribution is -2.12. The van der Waals surface area contributed by atoms with Crippen LogP contribution >= 0.6 is 0 Å². The number of ether oxygens (including phenoxy) is 2. The summed E-state index contributed by atoms with van der Waals surface area (Å²) < 4.78 is 10.9. The molecule has 0 aliphatic carbocycles. The predicted octanol–water partition coefficient (Wildman–Crippen LogP) is 3.72. The van der Waals surface area contributed by atoms with Crippen molar-refractivity contribution < 1.29 is 14.3 Å². The van der Waals surface area contributed by atoms with Crippen LogP contribution in [0.3, 0.4) is 0 Å². The highest BCUT2D eigenvalue weighted by Crippen LogP contribution is 2.24. The van der Waals surface area contributed by atoms with E-state index in [1.807, 2.05) is 45.0 Å². The van der Waals surface area contributed by atoms with Crippen molar-refractivity contribution in [1.29, 1.82) is 0 Å². The molecule has 2 N–H and O–H groups in total. The minimum Gasteiger partial charge on any atom is -0.487 e. The van der Waals surface area contributed by atoms with Gasteiger partial charge in [0, 0.05) is 0 Å². The average molecular weight is 299 g/mol. The number of aryl methyl sites for hydroxylation is 1. The van der Waals surface area contributed by atoms with E-state index < -0.39 is 0 Å². The van der Waals surface area contributed by atoms with Crippen molar-refractivity contribution in [2.75, 3.05) is 5.73 Å². The molecule has 0 heterocycles. The van der Waals surface area contributed by atoms with E-state index in [1.165, 1.54) is 5.56 Å². The largest absolute Gasteiger partial charge is 0.487 e. The first kappa shape index (κ1) is 15.9. The molecule has 0 spiro atoms. The molecular formula is C18H21NO3. The Balaban J connectivity index is 2.09. The van der Waals surface area contributed by atoms with E-state index in [2.05, 4.69) is 0 Å². The van der Waals surface area contributed by atoms with Gasteiger partial charge in [-0.15, -0.1) is 0 Å². The molecule has 0 saturated carbocycles. The molecule has 0 aliphatic rings. The fourth-order valence-corrected chi connectivity index (χ4v) is 1.91. The molecule has 22 heavy (non-hydrogen) atoms. The van der Waals surface area contributed by atoms with Crippen molar-refractivity contribution in [3.8, 4) is 5.75 Å². The zero-order valence-electron chi connectivity index (χ0n) is 13.1. The lowest BCUT2D eigenvalue weighted by atomic mass is 10.1. The summed E-state index contributed by atoms with van der Waals surface area (Å²) in [6.45, 7) is 6.05. The molecule has 0 fully saturated rings. The maximum atomic E-state index is 11.9. The predicted molar refractivity (Wildman–Crippen MR) is 86.9 cm³/mol. The van der Waals surface area contributed by atoms with Crippen LogP contribution in [-0.4, -0.2) is 12.1 Å². The normalized spacial score (nSPS) is 10.5. The molecule has 0 amide bonds. The van der Waals surface area contributed by atoms with Crippen molar-refractivity contribution in [2.24, 2.45) is 0 Å². The summed E-state index contributed by atoms with van der Waals surface area (Å²) in [4.78, 5) is 11.9. The van der Waals surface area contributed by atoms with Crippen LogP contribution in [0.4, 0.5) is 5.69 Å². The Hall–Kier alpha value is -2.49. The number of benzene rings is 2. The Morgan fingerprint density at radius 3 is 2.45 bits per heavy atom. The topological polar surface area (TPSA) is 61.5 Å². The van der Waals surface area contributed by atoms with Gasteiger partial charge in [0.05, 0.1) is 17.4 Å². The van der Waals surface area contributed by atoms with E-state index in [0.717, 1.165) is 5.56 Å². The Bertz CT molecular complexity index is 648. The van der Waals surface area contributed by atoms with Crippen molar-refractivity contribution in [3.05, 3.63) is 59.2 Å². The van der Waals surface area contributed by atoms with Gasteiger partial charge in [0.1, 0.15) is 12.4 Å². The Kier molecular flexibility index (Phi) is 5.04. The van der Waals surface area contributed by atoms with Gasteiger partial charge < -0.3 is 15.2 Å². The zero-order valence-corrected chi connectivity index (χ0v) is 13.1. The highest BCUT2D eigenvalue weighted by molar-refractivity contribution is 5.90. The number of nitrogen functional groups attached to an aromatic ring is 1. The van der Waals surface area contributed by atoms with Gasteiger partial charge in [0.2, 0.25) is 0 Å². The fraction of sp³-hybridized carbons (Fsp3) is 0.278. The minimum atomic E-state index is -0.379. The van der Waals surface area contributed by atoms with Crippen molar-refractivity contribution in [1.82, 2.24) is 0 Å². The van der Waals surface area contributed by atoms with E-state index in [-0.39, 0.29) is 12.1 Å². The summed E-state index contributed by atoms with van der Waals surface area (Å²) in [6.07, 6.45) is -0.165. The lowest BCUT2D eigenvalue weighted by Gasteiger charge is -2.12. The van der Waals surface area contributed by atoms with Crippen LogP contribution in [-0.2, 0) is 11.3 Å². The third-order valence-electron chi connectivity index (χ3n) is 3.11. The molecule has 0 bridgehead atoms. The Morgan fingerprint density at radius 2 is 1.82 bits per heavy atom. The Morgan fingerprint density at radius 1 is 1.14 bits per heavy atom. The summed E-state index contributed by atoms with van der Waals surface area (Å²) >= 11 is 0. The SMILES string of the molecule is Cc1ccc(COc2cc(C(=O)OC(C)C)ccc2N)cc1.